The number of anilines is 1. The van der Waals surface area contributed by atoms with Crippen molar-refractivity contribution in [3.63, 3.8) is 0 Å². The first-order valence-corrected chi connectivity index (χ1v) is 6.28. The van der Waals surface area contributed by atoms with E-state index in [4.69, 9.17) is 15.7 Å². The highest BCUT2D eigenvalue weighted by Gasteiger charge is 2.38. The van der Waals surface area contributed by atoms with E-state index in [1.54, 1.807) is 12.1 Å². The normalized spacial score (nSPS) is 17.4. The molecule has 5 nitrogen and oxygen atoms in total. The van der Waals surface area contributed by atoms with Crippen molar-refractivity contribution in [2.75, 3.05) is 25.1 Å². The zero-order valence-corrected chi connectivity index (χ0v) is 10.7. The van der Waals surface area contributed by atoms with Gasteiger partial charge < -0.3 is 15.8 Å². The van der Waals surface area contributed by atoms with Crippen molar-refractivity contribution in [3.8, 4) is 6.07 Å². The third-order valence-electron chi connectivity index (χ3n) is 3.62. The molecular weight excluding hydrogens is 242 g/mol. The van der Waals surface area contributed by atoms with E-state index in [1.807, 2.05) is 12.1 Å². The Morgan fingerprint density at radius 2 is 2.00 bits per heavy atom. The molecule has 0 atom stereocenters. The van der Waals surface area contributed by atoms with Gasteiger partial charge in [0, 0.05) is 25.4 Å². The van der Waals surface area contributed by atoms with Crippen LogP contribution in [0.4, 0.5) is 5.69 Å². The van der Waals surface area contributed by atoms with E-state index in [-0.39, 0.29) is 5.91 Å². The molecule has 0 spiro atoms. The Morgan fingerprint density at radius 1 is 1.37 bits per heavy atom. The van der Waals surface area contributed by atoms with Crippen LogP contribution in [0.5, 0.6) is 0 Å². The van der Waals surface area contributed by atoms with E-state index in [1.165, 1.54) is 0 Å². The van der Waals surface area contributed by atoms with E-state index in [0.717, 1.165) is 5.69 Å². The standard InChI is InChI=1S/C14H17N3O2/c15-9-11-1-3-12(4-2-11)17-10-14(13(16)18)5-7-19-8-6-14/h1-4,17H,5-8,10H2,(H2,16,18). The molecule has 1 heterocycles. The number of nitriles is 1. The second-order valence-corrected chi connectivity index (χ2v) is 4.80. The molecular formula is C14H17N3O2. The lowest BCUT2D eigenvalue weighted by Crippen LogP contribution is -2.46. The van der Waals surface area contributed by atoms with Gasteiger partial charge in [0.2, 0.25) is 5.91 Å². The average Bonchev–Trinajstić information content (AvgIpc) is 2.46. The Kier molecular flexibility index (Phi) is 4.03. The van der Waals surface area contributed by atoms with Crippen molar-refractivity contribution in [2.45, 2.75) is 12.8 Å². The number of carbonyl (C=O) groups excluding carboxylic acids is 1. The molecule has 1 fully saturated rings. The van der Waals surface area contributed by atoms with Gasteiger partial charge in [0.05, 0.1) is 17.0 Å². The number of amides is 1. The Balaban J connectivity index is 2.02. The minimum Gasteiger partial charge on any atom is -0.384 e. The first-order valence-electron chi connectivity index (χ1n) is 6.28. The molecule has 1 aromatic carbocycles. The Morgan fingerprint density at radius 3 is 2.53 bits per heavy atom. The van der Waals surface area contributed by atoms with E-state index < -0.39 is 5.41 Å². The number of ether oxygens (including phenoxy) is 1. The molecule has 0 aromatic heterocycles. The zero-order chi connectivity index (χ0) is 13.7. The lowest BCUT2D eigenvalue weighted by atomic mass is 9.79. The third kappa shape index (κ3) is 3.04. The minimum atomic E-state index is -0.536. The van der Waals surface area contributed by atoms with Crippen molar-refractivity contribution in [1.29, 1.82) is 5.26 Å². The van der Waals surface area contributed by atoms with E-state index >= 15 is 0 Å². The second kappa shape index (κ2) is 5.72. The summed E-state index contributed by atoms with van der Waals surface area (Å²) in [6.45, 7) is 1.63. The molecule has 3 N–H and O–H groups in total. The van der Waals surface area contributed by atoms with Crippen molar-refractivity contribution < 1.29 is 9.53 Å². The maximum absolute atomic E-state index is 11.7. The molecule has 100 valence electrons. The Labute approximate surface area is 112 Å². The summed E-state index contributed by atoms with van der Waals surface area (Å²) in [4.78, 5) is 11.7. The van der Waals surface area contributed by atoms with E-state index in [2.05, 4.69) is 11.4 Å². The van der Waals surface area contributed by atoms with Crippen LogP contribution >= 0.6 is 0 Å². The zero-order valence-electron chi connectivity index (χ0n) is 10.7. The maximum Gasteiger partial charge on any atom is 0.225 e. The number of rotatable bonds is 4. The van der Waals surface area contributed by atoms with Crippen molar-refractivity contribution in [3.05, 3.63) is 29.8 Å². The van der Waals surface area contributed by atoms with Crippen LogP contribution in [0.25, 0.3) is 0 Å². The Hall–Kier alpha value is -2.06. The molecule has 2 rings (SSSR count). The topological polar surface area (TPSA) is 88.1 Å². The van der Waals surface area contributed by atoms with Crippen LogP contribution in [0.1, 0.15) is 18.4 Å². The van der Waals surface area contributed by atoms with Gasteiger partial charge in [-0.15, -0.1) is 0 Å². The number of hydrogen-bond acceptors (Lipinski definition) is 4. The number of nitrogens with one attached hydrogen (secondary N) is 1. The molecule has 1 aliphatic heterocycles. The number of nitrogens with zero attached hydrogens (tertiary/aromatic N) is 1. The minimum absolute atomic E-state index is 0.281. The lowest BCUT2D eigenvalue weighted by Gasteiger charge is -2.34. The number of benzene rings is 1. The quantitative estimate of drug-likeness (QED) is 0.851. The van der Waals surface area contributed by atoms with Gasteiger partial charge in [-0.1, -0.05) is 0 Å². The molecule has 0 bridgehead atoms. The maximum atomic E-state index is 11.7. The first kappa shape index (κ1) is 13.4. The fraction of sp³-hybridized carbons (Fsp3) is 0.429. The van der Waals surface area contributed by atoms with Crippen LogP contribution in [-0.2, 0) is 9.53 Å². The molecule has 1 aromatic rings. The molecule has 1 aliphatic rings. The highest BCUT2D eigenvalue weighted by Crippen LogP contribution is 2.30. The summed E-state index contributed by atoms with van der Waals surface area (Å²) in [6, 6.07) is 9.20. The van der Waals surface area contributed by atoms with Gasteiger partial charge in [-0.05, 0) is 37.1 Å². The van der Waals surface area contributed by atoms with E-state index in [0.29, 0.717) is 38.2 Å². The summed E-state index contributed by atoms with van der Waals surface area (Å²) in [5.41, 5.74) is 6.49. The predicted octanol–water partition coefficient (Wildman–Crippen LogP) is 1.25. The molecule has 0 aliphatic carbocycles. The molecule has 1 amide bonds. The average molecular weight is 259 g/mol. The highest BCUT2D eigenvalue weighted by atomic mass is 16.5. The number of primary amides is 1. The molecule has 0 unspecified atom stereocenters. The van der Waals surface area contributed by atoms with Crippen LogP contribution in [0.3, 0.4) is 0 Å². The number of hydrogen-bond donors (Lipinski definition) is 2. The van der Waals surface area contributed by atoms with Crippen LogP contribution in [0, 0.1) is 16.7 Å². The fourth-order valence-corrected chi connectivity index (χ4v) is 2.21. The SMILES string of the molecule is N#Cc1ccc(NCC2(C(N)=O)CCOCC2)cc1. The van der Waals surface area contributed by atoms with Gasteiger partial charge in [-0.3, -0.25) is 4.79 Å². The van der Waals surface area contributed by atoms with Crippen LogP contribution in [0.2, 0.25) is 0 Å². The van der Waals surface area contributed by atoms with Gasteiger partial charge >= 0.3 is 0 Å². The number of nitrogens with two attached hydrogens (primary N) is 1. The van der Waals surface area contributed by atoms with Crippen molar-refractivity contribution in [1.82, 2.24) is 0 Å². The molecule has 19 heavy (non-hydrogen) atoms. The third-order valence-corrected chi connectivity index (χ3v) is 3.62. The monoisotopic (exact) mass is 259 g/mol. The lowest BCUT2D eigenvalue weighted by molar-refractivity contribution is -0.132. The summed E-state index contributed by atoms with van der Waals surface area (Å²) in [5.74, 6) is -0.281. The second-order valence-electron chi connectivity index (χ2n) is 4.80. The van der Waals surface area contributed by atoms with Crippen LogP contribution in [-0.4, -0.2) is 25.7 Å². The smallest absolute Gasteiger partial charge is 0.225 e. The molecule has 0 saturated carbocycles. The molecule has 1 saturated heterocycles. The first-order chi connectivity index (χ1) is 9.16. The summed E-state index contributed by atoms with van der Waals surface area (Å²) in [6.07, 6.45) is 1.29. The summed E-state index contributed by atoms with van der Waals surface area (Å²) < 4.78 is 5.29. The van der Waals surface area contributed by atoms with Gasteiger partial charge in [0.1, 0.15) is 0 Å². The largest absolute Gasteiger partial charge is 0.384 e. The van der Waals surface area contributed by atoms with E-state index in [9.17, 15) is 4.79 Å². The fourth-order valence-electron chi connectivity index (χ4n) is 2.21. The number of carbonyl (C=O) groups is 1. The van der Waals surface area contributed by atoms with Crippen LogP contribution < -0.4 is 11.1 Å². The van der Waals surface area contributed by atoms with Gasteiger partial charge in [0.15, 0.2) is 0 Å². The predicted molar refractivity (Wildman–Crippen MR) is 71.3 cm³/mol. The summed E-state index contributed by atoms with van der Waals surface area (Å²) in [7, 11) is 0. The highest BCUT2D eigenvalue weighted by molar-refractivity contribution is 5.81. The van der Waals surface area contributed by atoms with Crippen molar-refractivity contribution >= 4 is 11.6 Å². The summed E-state index contributed by atoms with van der Waals surface area (Å²) >= 11 is 0. The molecule has 5 heteroatoms. The van der Waals surface area contributed by atoms with Gasteiger partial charge in [-0.25, -0.2) is 0 Å². The van der Waals surface area contributed by atoms with Crippen molar-refractivity contribution in [2.24, 2.45) is 11.1 Å². The van der Waals surface area contributed by atoms with Gasteiger partial charge in [0.25, 0.3) is 0 Å². The van der Waals surface area contributed by atoms with Crippen LogP contribution in [0.15, 0.2) is 24.3 Å². The summed E-state index contributed by atoms with van der Waals surface area (Å²) in [5, 5.41) is 12.0. The molecule has 0 radical (unpaired) electrons. The Bertz CT molecular complexity index is 484. The van der Waals surface area contributed by atoms with Gasteiger partial charge in [-0.2, -0.15) is 5.26 Å².